The fourth-order valence-corrected chi connectivity index (χ4v) is 5.40. The predicted molar refractivity (Wildman–Crippen MR) is 167 cm³/mol. The van der Waals surface area contributed by atoms with Gasteiger partial charge in [-0.05, 0) is 55.2 Å². The van der Waals surface area contributed by atoms with Gasteiger partial charge in [-0.15, -0.1) is 0 Å². The molecule has 7 nitrogen and oxygen atoms in total. The van der Waals surface area contributed by atoms with Crippen LogP contribution in [0.25, 0.3) is 0 Å². The fraction of sp³-hybridized carbons (Fsp3) is 0.361. The van der Waals surface area contributed by atoms with Crippen molar-refractivity contribution >= 4 is 17.8 Å². The number of benzene rings is 3. The first kappa shape index (κ1) is 31.7. The molecule has 0 spiro atoms. The van der Waals surface area contributed by atoms with Crippen LogP contribution in [-0.4, -0.2) is 42.1 Å². The summed E-state index contributed by atoms with van der Waals surface area (Å²) in [6.07, 6.45) is 7.70. The maximum Gasteiger partial charge on any atom is 0.309 e. The quantitative estimate of drug-likeness (QED) is 0.241. The molecule has 3 N–H and O–H groups in total. The van der Waals surface area contributed by atoms with Gasteiger partial charge in [0, 0.05) is 6.42 Å². The van der Waals surface area contributed by atoms with Crippen LogP contribution in [0.1, 0.15) is 54.8 Å². The van der Waals surface area contributed by atoms with E-state index in [-0.39, 0.29) is 43.3 Å². The molecule has 0 aromatic heterocycles. The van der Waals surface area contributed by atoms with Crippen molar-refractivity contribution in [3.8, 4) is 0 Å². The van der Waals surface area contributed by atoms with Gasteiger partial charge in [0.2, 0.25) is 11.8 Å². The van der Waals surface area contributed by atoms with E-state index in [9.17, 15) is 19.5 Å². The number of esters is 1. The molecular weight excluding hydrogens is 540 g/mol. The molecule has 3 aromatic carbocycles. The molecule has 0 bridgehead atoms. The van der Waals surface area contributed by atoms with E-state index in [1.165, 1.54) is 0 Å². The molecule has 4 rings (SSSR count). The molecule has 0 saturated heterocycles. The highest BCUT2D eigenvalue weighted by molar-refractivity contribution is 5.86. The lowest BCUT2D eigenvalue weighted by molar-refractivity contribution is -0.150. The summed E-state index contributed by atoms with van der Waals surface area (Å²) in [6, 6.07) is 28.0. The zero-order valence-corrected chi connectivity index (χ0v) is 24.6. The number of hydrogen-bond acceptors (Lipinski definition) is 5. The van der Waals surface area contributed by atoms with Crippen molar-refractivity contribution in [1.29, 1.82) is 0 Å². The minimum Gasteiger partial charge on any atom is -0.463 e. The van der Waals surface area contributed by atoms with E-state index >= 15 is 0 Å². The molecule has 0 radical (unpaired) electrons. The number of cyclic esters (lactones) is 1. The number of carbonyl (C=O) groups excluding carboxylic acids is 3. The van der Waals surface area contributed by atoms with Crippen LogP contribution in [0.4, 0.5) is 0 Å². The van der Waals surface area contributed by atoms with Crippen LogP contribution in [-0.2, 0) is 32.0 Å². The lowest BCUT2D eigenvalue weighted by atomic mass is 9.93. The van der Waals surface area contributed by atoms with Gasteiger partial charge in [0.1, 0.15) is 6.61 Å². The first-order valence-electron chi connectivity index (χ1n) is 15.2. The number of aliphatic hydroxyl groups excluding tert-OH is 1. The van der Waals surface area contributed by atoms with E-state index in [0.717, 1.165) is 29.5 Å². The largest absolute Gasteiger partial charge is 0.463 e. The highest BCUT2D eigenvalue weighted by Gasteiger charge is 2.27. The molecule has 226 valence electrons. The van der Waals surface area contributed by atoms with Crippen molar-refractivity contribution in [3.63, 3.8) is 0 Å². The van der Waals surface area contributed by atoms with Gasteiger partial charge in [0.25, 0.3) is 0 Å². The zero-order valence-electron chi connectivity index (χ0n) is 24.6. The Bertz CT molecular complexity index is 1310. The lowest BCUT2D eigenvalue weighted by Gasteiger charge is -2.25. The van der Waals surface area contributed by atoms with Crippen molar-refractivity contribution in [1.82, 2.24) is 10.6 Å². The maximum absolute atomic E-state index is 13.6. The molecular formula is C36H42N2O5. The molecule has 4 atom stereocenters. The predicted octanol–water partition coefficient (Wildman–Crippen LogP) is 5.10. The number of amides is 2. The highest BCUT2D eigenvalue weighted by Crippen LogP contribution is 2.22. The Morgan fingerprint density at radius 3 is 2.21 bits per heavy atom. The van der Waals surface area contributed by atoms with Crippen LogP contribution >= 0.6 is 0 Å². The van der Waals surface area contributed by atoms with Gasteiger partial charge in [-0.2, -0.15) is 0 Å². The summed E-state index contributed by atoms with van der Waals surface area (Å²) in [6.45, 7) is -0.206. The SMILES string of the molecule is O=C(CC1CC=CCCCC(Cc2ccccc2)C(=O)OCC(c2ccccc2)NC1=O)NC(CO)Cc1ccccc1. The average molecular weight is 583 g/mol. The monoisotopic (exact) mass is 582 g/mol. The number of aliphatic hydroxyl groups is 1. The molecule has 4 unspecified atom stereocenters. The van der Waals surface area contributed by atoms with Gasteiger partial charge in [-0.3, -0.25) is 14.4 Å². The highest BCUT2D eigenvalue weighted by atomic mass is 16.5. The zero-order chi connectivity index (χ0) is 30.3. The van der Waals surface area contributed by atoms with Gasteiger partial charge < -0.3 is 20.5 Å². The van der Waals surface area contributed by atoms with Crippen molar-refractivity contribution in [2.45, 2.75) is 57.0 Å². The molecule has 1 aliphatic rings. The summed E-state index contributed by atoms with van der Waals surface area (Å²) in [5.41, 5.74) is 2.91. The van der Waals surface area contributed by atoms with E-state index < -0.39 is 18.0 Å². The molecule has 3 aromatic rings. The van der Waals surface area contributed by atoms with E-state index in [1.807, 2.05) is 103 Å². The normalized spacial score (nSPS) is 20.7. The minimum absolute atomic E-state index is 0.00169. The topological polar surface area (TPSA) is 105 Å². The van der Waals surface area contributed by atoms with Crippen LogP contribution in [0.5, 0.6) is 0 Å². The van der Waals surface area contributed by atoms with Crippen LogP contribution in [0, 0.1) is 11.8 Å². The van der Waals surface area contributed by atoms with Crippen LogP contribution in [0.15, 0.2) is 103 Å². The molecule has 0 fully saturated rings. The first-order chi connectivity index (χ1) is 21.0. The Morgan fingerprint density at radius 2 is 1.53 bits per heavy atom. The van der Waals surface area contributed by atoms with Crippen molar-refractivity contribution < 1.29 is 24.2 Å². The van der Waals surface area contributed by atoms with Gasteiger partial charge in [-0.25, -0.2) is 0 Å². The number of ether oxygens (including phenoxy) is 1. The third-order valence-electron chi connectivity index (χ3n) is 7.79. The summed E-state index contributed by atoms with van der Waals surface area (Å²) >= 11 is 0. The number of nitrogens with one attached hydrogen (secondary N) is 2. The second-order valence-corrected chi connectivity index (χ2v) is 11.2. The third-order valence-corrected chi connectivity index (χ3v) is 7.79. The van der Waals surface area contributed by atoms with Crippen molar-refractivity contribution in [2.75, 3.05) is 13.2 Å². The molecule has 43 heavy (non-hydrogen) atoms. The Kier molecular flexibility index (Phi) is 12.5. The number of hydrogen-bond donors (Lipinski definition) is 3. The van der Waals surface area contributed by atoms with Crippen LogP contribution in [0.3, 0.4) is 0 Å². The summed E-state index contributed by atoms with van der Waals surface area (Å²) in [7, 11) is 0. The number of carbonyl (C=O) groups is 3. The summed E-state index contributed by atoms with van der Waals surface area (Å²) < 4.78 is 5.85. The van der Waals surface area contributed by atoms with Gasteiger partial charge in [-0.1, -0.05) is 103 Å². The Labute approximate surface area is 254 Å². The first-order valence-corrected chi connectivity index (χ1v) is 15.2. The summed E-state index contributed by atoms with van der Waals surface area (Å²) in [4.78, 5) is 40.0. The molecule has 1 heterocycles. The maximum atomic E-state index is 13.6. The van der Waals surface area contributed by atoms with Crippen molar-refractivity contribution in [3.05, 3.63) is 120 Å². The standard InChI is InChI=1S/C36H42N2O5/c39-25-32(23-28-16-8-4-9-17-28)37-34(40)24-30-20-10-1-2-11-21-31(22-27-14-6-3-7-15-27)36(42)43-26-33(38-35(30)41)29-18-12-5-13-19-29/h1,3-10,12-19,30-33,39H,2,11,20-26H2,(H,37,40)(H,38,41). The van der Waals surface area contributed by atoms with Crippen LogP contribution in [0.2, 0.25) is 0 Å². The second-order valence-electron chi connectivity index (χ2n) is 11.2. The van der Waals surface area contributed by atoms with E-state index in [0.29, 0.717) is 25.7 Å². The fourth-order valence-electron chi connectivity index (χ4n) is 5.40. The van der Waals surface area contributed by atoms with Crippen LogP contribution < -0.4 is 10.6 Å². The summed E-state index contributed by atoms with van der Waals surface area (Å²) in [5, 5.41) is 15.8. The second kappa shape index (κ2) is 17.0. The minimum atomic E-state index is -0.622. The Morgan fingerprint density at radius 1 is 0.884 bits per heavy atom. The molecule has 0 aliphatic carbocycles. The van der Waals surface area contributed by atoms with Crippen molar-refractivity contribution in [2.24, 2.45) is 11.8 Å². The van der Waals surface area contributed by atoms with E-state index in [2.05, 4.69) is 10.6 Å². The Balaban J connectivity index is 1.47. The molecule has 2 amide bonds. The average Bonchev–Trinajstić information content (AvgIpc) is 3.03. The smallest absolute Gasteiger partial charge is 0.309 e. The Hall–Kier alpha value is -4.23. The van der Waals surface area contributed by atoms with Gasteiger partial charge in [0.15, 0.2) is 0 Å². The third kappa shape index (κ3) is 10.5. The molecule has 0 saturated carbocycles. The molecule has 7 heteroatoms. The summed E-state index contributed by atoms with van der Waals surface area (Å²) in [5.74, 6) is -1.76. The van der Waals surface area contributed by atoms with E-state index in [4.69, 9.17) is 4.74 Å². The molecule has 1 aliphatic heterocycles. The number of allylic oxidation sites excluding steroid dienone is 2. The lowest BCUT2D eigenvalue weighted by Crippen LogP contribution is -2.42. The van der Waals surface area contributed by atoms with Gasteiger partial charge in [0.05, 0.1) is 30.5 Å². The van der Waals surface area contributed by atoms with Gasteiger partial charge >= 0.3 is 5.97 Å². The van der Waals surface area contributed by atoms with E-state index in [1.54, 1.807) is 0 Å². The number of rotatable bonds is 9.